The first-order valence-electron chi connectivity index (χ1n) is 11.1. The number of aromatic nitrogens is 2. The van der Waals surface area contributed by atoms with Gasteiger partial charge in [-0.3, -0.25) is 4.79 Å². The predicted octanol–water partition coefficient (Wildman–Crippen LogP) is 4.90. The maximum absolute atomic E-state index is 14.2. The van der Waals surface area contributed by atoms with Gasteiger partial charge >= 0.3 is 11.9 Å². The minimum atomic E-state index is -1.19. The van der Waals surface area contributed by atoms with Gasteiger partial charge in [0, 0.05) is 5.56 Å². The van der Waals surface area contributed by atoms with E-state index >= 15 is 0 Å². The third-order valence-electron chi connectivity index (χ3n) is 5.29. The molecule has 0 aliphatic carbocycles. The quantitative estimate of drug-likeness (QED) is 0.264. The molecule has 0 atom stereocenters. The van der Waals surface area contributed by atoms with Crippen LogP contribution in [0.3, 0.4) is 0 Å². The lowest BCUT2D eigenvalue weighted by molar-refractivity contribution is -0.138. The van der Waals surface area contributed by atoms with Crippen molar-refractivity contribution in [3.05, 3.63) is 89.2 Å². The SMILES string of the molecule is CC(C)(O)CC(=O)Oc1ccc(Cc2c(C(=O)O)cccc2-c2noc(-c3ccccc3F)n2)cc1. The Labute approximate surface area is 206 Å². The van der Waals surface area contributed by atoms with Crippen molar-refractivity contribution in [3.63, 3.8) is 0 Å². The van der Waals surface area contributed by atoms with Crippen molar-refractivity contribution in [3.8, 4) is 28.6 Å². The highest BCUT2D eigenvalue weighted by Gasteiger charge is 2.22. The van der Waals surface area contributed by atoms with Crippen molar-refractivity contribution >= 4 is 11.9 Å². The number of nitrogens with zero attached hydrogens (tertiary/aromatic N) is 2. The van der Waals surface area contributed by atoms with Gasteiger partial charge in [0.2, 0.25) is 5.82 Å². The Hall–Kier alpha value is -4.37. The summed E-state index contributed by atoms with van der Waals surface area (Å²) >= 11 is 0. The molecule has 9 heteroatoms. The minimum Gasteiger partial charge on any atom is -0.478 e. The topological polar surface area (TPSA) is 123 Å². The summed E-state index contributed by atoms with van der Waals surface area (Å²) in [5, 5.41) is 23.5. The summed E-state index contributed by atoms with van der Waals surface area (Å²) in [6.45, 7) is 3.02. The Morgan fingerprint density at radius 1 is 1.00 bits per heavy atom. The first kappa shape index (κ1) is 24.7. The standard InChI is InChI=1S/C27H23FN2O6/c1-27(2,34)15-23(31)35-17-12-10-16(11-13-17)14-21-18(7-5-8-19(21)26(32)33)24-29-25(36-30-24)20-6-3-4-9-22(20)28/h3-13,34H,14-15H2,1-2H3,(H,32,33). The number of aromatic carboxylic acids is 1. The molecule has 0 aliphatic heterocycles. The second-order valence-electron chi connectivity index (χ2n) is 8.82. The number of benzene rings is 3. The van der Waals surface area contributed by atoms with E-state index in [1.807, 2.05) is 0 Å². The van der Waals surface area contributed by atoms with Crippen molar-refractivity contribution in [2.24, 2.45) is 0 Å². The van der Waals surface area contributed by atoms with Crippen molar-refractivity contribution < 1.29 is 33.5 Å². The fourth-order valence-electron chi connectivity index (χ4n) is 3.66. The summed E-state index contributed by atoms with van der Waals surface area (Å²) < 4.78 is 24.7. The number of rotatable bonds is 8. The zero-order chi connectivity index (χ0) is 25.9. The third kappa shape index (κ3) is 5.81. The molecule has 0 amide bonds. The van der Waals surface area contributed by atoms with Gasteiger partial charge in [0.05, 0.1) is 23.1 Å². The first-order chi connectivity index (χ1) is 17.1. The molecule has 1 heterocycles. The van der Waals surface area contributed by atoms with Gasteiger partial charge in [-0.05, 0) is 61.7 Å². The van der Waals surface area contributed by atoms with Gasteiger partial charge in [-0.25, -0.2) is 9.18 Å². The Bertz CT molecular complexity index is 1410. The number of hydrogen-bond acceptors (Lipinski definition) is 7. The number of hydrogen-bond donors (Lipinski definition) is 2. The molecular formula is C27H23FN2O6. The predicted molar refractivity (Wildman–Crippen MR) is 128 cm³/mol. The number of carbonyl (C=O) groups excluding carboxylic acids is 1. The maximum Gasteiger partial charge on any atom is 0.335 e. The molecule has 3 aromatic carbocycles. The van der Waals surface area contributed by atoms with Crippen molar-refractivity contribution in [2.45, 2.75) is 32.3 Å². The van der Waals surface area contributed by atoms with Gasteiger partial charge in [0.15, 0.2) is 0 Å². The zero-order valence-corrected chi connectivity index (χ0v) is 19.6. The highest BCUT2D eigenvalue weighted by Crippen LogP contribution is 2.30. The van der Waals surface area contributed by atoms with E-state index < -0.39 is 23.4 Å². The van der Waals surface area contributed by atoms with Crippen LogP contribution in [-0.2, 0) is 11.2 Å². The summed E-state index contributed by atoms with van der Waals surface area (Å²) in [6.07, 6.45) is 0.0446. The average Bonchev–Trinajstić information content (AvgIpc) is 3.29. The molecule has 0 unspecified atom stereocenters. The number of ether oxygens (including phenoxy) is 1. The van der Waals surface area contributed by atoms with E-state index in [0.717, 1.165) is 5.56 Å². The van der Waals surface area contributed by atoms with Gasteiger partial charge in [0.25, 0.3) is 5.89 Å². The molecule has 0 saturated heterocycles. The van der Waals surface area contributed by atoms with Crippen molar-refractivity contribution in [1.29, 1.82) is 0 Å². The van der Waals surface area contributed by atoms with Crippen LogP contribution in [0, 0.1) is 5.82 Å². The van der Waals surface area contributed by atoms with Crippen molar-refractivity contribution in [1.82, 2.24) is 10.1 Å². The number of carbonyl (C=O) groups is 2. The van der Waals surface area contributed by atoms with Crippen LogP contribution in [0.2, 0.25) is 0 Å². The van der Waals surface area contributed by atoms with E-state index in [1.54, 1.807) is 48.5 Å². The van der Waals surface area contributed by atoms with Gasteiger partial charge in [-0.15, -0.1) is 0 Å². The van der Waals surface area contributed by atoms with Crippen LogP contribution in [-0.4, -0.2) is 37.9 Å². The second-order valence-corrected chi connectivity index (χ2v) is 8.82. The van der Waals surface area contributed by atoms with Gasteiger partial charge in [-0.2, -0.15) is 4.98 Å². The molecule has 4 aromatic rings. The molecule has 0 fully saturated rings. The molecule has 36 heavy (non-hydrogen) atoms. The van der Waals surface area contributed by atoms with Crippen LogP contribution < -0.4 is 4.74 Å². The van der Waals surface area contributed by atoms with Crippen LogP contribution in [0.1, 0.15) is 41.8 Å². The fourth-order valence-corrected chi connectivity index (χ4v) is 3.66. The van der Waals surface area contributed by atoms with Crippen LogP contribution in [0.4, 0.5) is 4.39 Å². The monoisotopic (exact) mass is 490 g/mol. The lowest BCUT2D eigenvalue weighted by atomic mass is 9.94. The molecule has 1 aromatic heterocycles. The van der Waals surface area contributed by atoms with E-state index in [1.165, 1.54) is 32.0 Å². The Kier molecular flexibility index (Phi) is 6.93. The van der Waals surface area contributed by atoms with Gasteiger partial charge < -0.3 is 19.5 Å². The lowest BCUT2D eigenvalue weighted by Gasteiger charge is -2.15. The molecule has 184 valence electrons. The number of halogens is 1. The molecular weight excluding hydrogens is 467 g/mol. The summed E-state index contributed by atoms with van der Waals surface area (Å²) in [5.41, 5.74) is 0.631. The van der Waals surface area contributed by atoms with Crippen LogP contribution in [0.15, 0.2) is 71.3 Å². The first-order valence-corrected chi connectivity index (χ1v) is 11.1. The molecule has 0 radical (unpaired) electrons. The third-order valence-corrected chi connectivity index (χ3v) is 5.29. The van der Waals surface area contributed by atoms with Crippen LogP contribution >= 0.6 is 0 Å². The van der Waals surface area contributed by atoms with Gasteiger partial charge in [0.1, 0.15) is 11.6 Å². The minimum absolute atomic E-state index is 0.0213. The van der Waals surface area contributed by atoms with Crippen LogP contribution in [0.5, 0.6) is 5.75 Å². The normalized spacial score (nSPS) is 11.3. The van der Waals surface area contributed by atoms with E-state index in [2.05, 4.69) is 10.1 Å². The maximum atomic E-state index is 14.2. The Balaban J connectivity index is 1.63. The number of aliphatic hydroxyl groups is 1. The summed E-state index contributed by atoms with van der Waals surface area (Å²) in [7, 11) is 0. The highest BCUT2D eigenvalue weighted by molar-refractivity contribution is 5.92. The van der Waals surface area contributed by atoms with E-state index in [0.29, 0.717) is 16.9 Å². The van der Waals surface area contributed by atoms with Crippen LogP contribution in [0.25, 0.3) is 22.8 Å². The second kappa shape index (κ2) is 10.1. The molecule has 8 nitrogen and oxygen atoms in total. The molecule has 0 saturated carbocycles. The molecule has 2 N–H and O–H groups in total. The summed E-state index contributed by atoms with van der Waals surface area (Å²) in [5.74, 6) is -1.81. The Morgan fingerprint density at radius 3 is 2.36 bits per heavy atom. The lowest BCUT2D eigenvalue weighted by Crippen LogP contribution is -2.25. The smallest absolute Gasteiger partial charge is 0.335 e. The largest absolute Gasteiger partial charge is 0.478 e. The summed E-state index contributed by atoms with van der Waals surface area (Å²) in [6, 6.07) is 17.3. The van der Waals surface area contributed by atoms with Gasteiger partial charge in [-0.1, -0.05) is 41.6 Å². The highest BCUT2D eigenvalue weighted by atomic mass is 19.1. The fraction of sp³-hybridized carbons (Fsp3) is 0.185. The summed E-state index contributed by atoms with van der Waals surface area (Å²) in [4.78, 5) is 28.2. The molecule has 4 rings (SSSR count). The average molecular weight is 490 g/mol. The Morgan fingerprint density at radius 2 is 1.69 bits per heavy atom. The number of carboxylic acid groups (broad SMARTS) is 1. The zero-order valence-electron chi connectivity index (χ0n) is 19.6. The van der Waals surface area contributed by atoms with E-state index in [4.69, 9.17) is 9.26 Å². The van der Waals surface area contributed by atoms with E-state index in [9.17, 15) is 24.2 Å². The number of carboxylic acids is 1. The number of esters is 1. The van der Waals surface area contributed by atoms with Crippen molar-refractivity contribution in [2.75, 3.05) is 0 Å². The molecule has 0 bridgehead atoms. The van der Waals surface area contributed by atoms with E-state index in [-0.39, 0.29) is 35.7 Å². The molecule has 0 spiro atoms. The molecule has 0 aliphatic rings.